The van der Waals surface area contributed by atoms with Gasteiger partial charge in [0.15, 0.2) is 0 Å². The highest BCUT2D eigenvalue weighted by Crippen LogP contribution is 2.22. The van der Waals surface area contributed by atoms with Crippen LogP contribution in [-0.2, 0) is 6.54 Å². The summed E-state index contributed by atoms with van der Waals surface area (Å²) in [4.78, 5) is 17.5. The molecule has 0 saturated heterocycles. The van der Waals surface area contributed by atoms with Crippen LogP contribution in [0.25, 0.3) is 11.0 Å². The number of benzene rings is 2. The molecule has 5 nitrogen and oxygen atoms in total. The van der Waals surface area contributed by atoms with E-state index >= 15 is 0 Å². The van der Waals surface area contributed by atoms with E-state index in [1.54, 1.807) is 31.4 Å². The molecule has 0 aliphatic carbocycles. The fraction of sp³-hybridized carbons (Fsp3) is 0.417. The van der Waals surface area contributed by atoms with E-state index in [0.29, 0.717) is 5.56 Å². The number of hydrogen-bond donors (Lipinski definition) is 1. The molecule has 3 rings (SSSR count). The van der Waals surface area contributed by atoms with Crippen molar-refractivity contribution in [3.8, 4) is 5.75 Å². The zero-order valence-corrected chi connectivity index (χ0v) is 17.6. The summed E-state index contributed by atoms with van der Waals surface area (Å²) >= 11 is 0. The largest absolute Gasteiger partial charge is 0.497 e. The Balaban J connectivity index is 1.75. The summed E-state index contributed by atoms with van der Waals surface area (Å²) in [5.41, 5.74) is 2.71. The van der Waals surface area contributed by atoms with Gasteiger partial charge in [0.2, 0.25) is 0 Å². The van der Waals surface area contributed by atoms with Gasteiger partial charge in [0.05, 0.1) is 24.2 Å². The lowest BCUT2D eigenvalue weighted by Crippen LogP contribution is -2.28. The van der Waals surface area contributed by atoms with Gasteiger partial charge in [-0.05, 0) is 49.7 Å². The van der Waals surface area contributed by atoms with E-state index in [-0.39, 0.29) is 11.9 Å². The summed E-state index contributed by atoms with van der Waals surface area (Å²) in [6.07, 6.45) is 6.13. The molecule has 1 N–H and O–H groups in total. The summed E-state index contributed by atoms with van der Waals surface area (Å²) in [5.74, 6) is 1.53. The van der Waals surface area contributed by atoms with Crippen molar-refractivity contribution in [3.63, 3.8) is 0 Å². The van der Waals surface area contributed by atoms with Crippen molar-refractivity contribution >= 4 is 16.9 Å². The van der Waals surface area contributed by atoms with Crippen molar-refractivity contribution in [1.29, 1.82) is 0 Å². The predicted molar refractivity (Wildman–Crippen MR) is 117 cm³/mol. The standard InChI is InChI=1S/C24H31N3O2/c1-4-5-6-7-10-17-27-22-12-9-8-11-21(22)26-23(27)18(2)25-24(28)19-13-15-20(29-3)16-14-19/h8-9,11-16,18H,4-7,10,17H2,1-3H3,(H,25,28). The first-order chi connectivity index (χ1) is 14.1. The van der Waals surface area contributed by atoms with Crippen LogP contribution in [0, 0.1) is 0 Å². The second kappa shape index (κ2) is 10.1. The van der Waals surface area contributed by atoms with Gasteiger partial charge in [-0.1, -0.05) is 44.7 Å². The molecule has 0 fully saturated rings. The monoisotopic (exact) mass is 393 g/mol. The fourth-order valence-corrected chi connectivity index (χ4v) is 3.62. The number of imidazole rings is 1. The van der Waals surface area contributed by atoms with Gasteiger partial charge in [0.25, 0.3) is 5.91 Å². The molecule has 0 saturated carbocycles. The van der Waals surface area contributed by atoms with E-state index in [2.05, 4.69) is 22.9 Å². The summed E-state index contributed by atoms with van der Waals surface area (Å²) < 4.78 is 7.43. The molecule has 5 heteroatoms. The molecule has 1 amide bonds. The number of amides is 1. The minimum absolute atomic E-state index is 0.110. The van der Waals surface area contributed by atoms with E-state index in [9.17, 15) is 4.79 Å². The highest BCUT2D eigenvalue weighted by molar-refractivity contribution is 5.94. The molecule has 154 valence electrons. The molecule has 0 spiro atoms. The van der Waals surface area contributed by atoms with Crippen molar-refractivity contribution in [3.05, 3.63) is 59.9 Å². The lowest BCUT2D eigenvalue weighted by Gasteiger charge is -2.16. The molecule has 29 heavy (non-hydrogen) atoms. The molecule has 0 radical (unpaired) electrons. The molecular formula is C24H31N3O2. The Bertz CT molecular complexity index is 931. The van der Waals surface area contributed by atoms with Crippen LogP contribution in [0.2, 0.25) is 0 Å². The molecule has 1 heterocycles. The van der Waals surface area contributed by atoms with Crippen molar-refractivity contribution in [2.24, 2.45) is 0 Å². The number of carbonyl (C=O) groups is 1. The second-order valence-corrected chi connectivity index (χ2v) is 7.45. The van der Waals surface area contributed by atoms with Gasteiger partial charge in [0, 0.05) is 12.1 Å². The Morgan fingerprint density at radius 1 is 1.07 bits per heavy atom. The van der Waals surface area contributed by atoms with Crippen LogP contribution < -0.4 is 10.1 Å². The maximum atomic E-state index is 12.7. The second-order valence-electron chi connectivity index (χ2n) is 7.45. The Labute approximate surface area is 173 Å². The zero-order valence-electron chi connectivity index (χ0n) is 17.6. The van der Waals surface area contributed by atoms with Gasteiger partial charge in [-0.3, -0.25) is 4.79 Å². The normalized spacial score (nSPS) is 12.1. The predicted octanol–water partition coefficient (Wildman–Crippen LogP) is 5.51. The highest BCUT2D eigenvalue weighted by atomic mass is 16.5. The van der Waals surface area contributed by atoms with Crippen LogP contribution in [0.5, 0.6) is 5.75 Å². The number of unbranched alkanes of at least 4 members (excludes halogenated alkanes) is 4. The Hall–Kier alpha value is -2.82. The minimum Gasteiger partial charge on any atom is -0.497 e. The number of para-hydroxylation sites is 2. The molecule has 0 aliphatic rings. The number of aromatic nitrogens is 2. The van der Waals surface area contributed by atoms with Gasteiger partial charge in [-0.25, -0.2) is 4.98 Å². The Morgan fingerprint density at radius 2 is 1.79 bits per heavy atom. The third kappa shape index (κ3) is 5.17. The number of hydrogen-bond acceptors (Lipinski definition) is 3. The topological polar surface area (TPSA) is 56.2 Å². The summed E-state index contributed by atoms with van der Waals surface area (Å²) in [7, 11) is 1.61. The van der Waals surface area contributed by atoms with Crippen molar-refractivity contribution in [1.82, 2.24) is 14.9 Å². The number of ether oxygens (including phenoxy) is 1. The van der Waals surface area contributed by atoms with Gasteiger partial charge in [-0.2, -0.15) is 0 Å². The van der Waals surface area contributed by atoms with Crippen molar-refractivity contribution in [2.45, 2.75) is 58.5 Å². The molecule has 3 aromatic rings. The molecule has 1 aromatic heterocycles. The lowest BCUT2D eigenvalue weighted by molar-refractivity contribution is 0.0937. The Morgan fingerprint density at radius 3 is 2.52 bits per heavy atom. The zero-order chi connectivity index (χ0) is 20.6. The van der Waals surface area contributed by atoms with Crippen LogP contribution >= 0.6 is 0 Å². The third-order valence-corrected chi connectivity index (χ3v) is 5.26. The molecule has 1 unspecified atom stereocenters. The number of nitrogens with one attached hydrogen (secondary N) is 1. The van der Waals surface area contributed by atoms with Gasteiger partial charge in [-0.15, -0.1) is 0 Å². The smallest absolute Gasteiger partial charge is 0.251 e. The van der Waals surface area contributed by atoms with Crippen molar-refractivity contribution in [2.75, 3.05) is 7.11 Å². The number of methoxy groups -OCH3 is 1. The Kier molecular flexibility index (Phi) is 7.28. The van der Waals surface area contributed by atoms with Crippen LogP contribution in [-0.4, -0.2) is 22.6 Å². The molecule has 0 aliphatic heterocycles. The average molecular weight is 394 g/mol. The molecule has 2 aromatic carbocycles. The minimum atomic E-state index is -0.187. The molecular weight excluding hydrogens is 362 g/mol. The average Bonchev–Trinajstić information content (AvgIpc) is 3.12. The van der Waals surface area contributed by atoms with Gasteiger partial charge >= 0.3 is 0 Å². The SMILES string of the molecule is CCCCCCCn1c(C(C)NC(=O)c2ccc(OC)cc2)nc2ccccc21. The quantitative estimate of drug-likeness (QED) is 0.462. The summed E-state index contributed by atoms with van der Waals surface area (Å²) in [5, 5.41) is 3.10. The third-order valence-electron chi connectivity index (χ3n) is 5.26. The van der Waals surface area contributed by atoms with Crippen LogP contribution in [0.3, 0.4) is 0 Å². The van der Waals surface area contributed by atoms with E-state index in [4.69, 9.17) is 9.72 Å². The molecule has 0 bridgehead atoms. The first-order valence-corrected chi connectivity index (χ1v) is 10.5. The van der Waals surface area contributed by atoms with Crippen LogP contribution in [0.1, 0.15) is 68.2 Å². The number of aryl methyl sites for hydroxylation is 1. The number of carbonyl (C=O) groups excluding carboxylic acids is 1. The highest BCUT2D eigenvalue weighted by Gasteiger charge is 2.19. The van der Waals surface area contributed by atoms with E-state index in [1.807, 2.05) is 25.1 Å². The van der Waals surface area contributed by atoms with E-state index < -0.39 is 0 Å². The maximum absolute atomic E-state index is 12.7. The maximum Gasteiger partial charge on any atom is 0.251 e. The van der Waals surface area contributed by atoms with Gasteiger partial charge in [0.1, 0.15) is 11.6 Å². The number of fused-ring (bicyclic) bond motifs is 1. The number of rotatable bonds is 10. The van der Waals surface area contributed by atoms with Crippen LogP contribution in [0.15, 0.2) is 48.5 Å². The summed E-state index contributed by atoms with van der Waals surface area (Å²) in [6.45, 7) is 5.15. The van der Waals surface area contributed by atoms with E-state index in [0.717, 1.165) is 35.6 Å². The molecule has 1 atom stereocenters. The first-order valence-electron chi connectivity index (χ1n) is 10.5. The van der Waals surface area contributed by atoms with Gasteiger partial charge < -0.3 is 14.6 Å². The number of nitrogens with zero attached hydrogens (tertiary/aromatic N) is 2. The first kappa shape index (κ1) is 20.9. The lowest BCUT2D eigenvalue weighted by atomic mass is 10.1. The van der Waals surface area contributed by atoms with Crippen molar-refractivity contribution < 1.29 is 9.53 Å². The van der Waals surface area contributed by atoms with E-state index in [1.165, 1.54) is 25.7 Å². The van der Waals surface area contributed by atoms with Crippen LogP contribution in [0.4, 0.5) is 0 Å². The summed E-state index contributed by atoms with van der Waals surface area (Å²) in [6, 6.07) is 15.1. The fourth-order valence-electron chi connectivity index (χ4n) is 3.62.